The first-order valence-electron chi connectivity index (χ1n) is 8.54. The summed E-state index contributed by atoms with van der Waals surface area (Å²) in [6, 6.07) is 25.5. The number of benzene rings is 3. The van der Waals surface area contributed by atoms with E-state index in [0.29, 0.717) is 17.8 Å². The molecule has 0 aliphatic carbocycles. The molecule has 4 heteroatoms. The van der Waals surface area contributed by atoms with Crippen LogP contribution in [0.4, 0.5) is 5.69 Å². The number of carbonyl (C=O) groups is 2. The van der Waals surface area contributed by atoms with Crippen LogP contribution in [0.2, 0.25) is 0 Å². The summed E-state index contributed by atoms with van der Waals surface area (Å²) in [6.45, 7) is 0.427. The monoisotopic (exact) mass is 342 g/mol. The highest BCUT2D eigenvalue weighted by Gasteiger charge is 2.37. The van der Waals surface area contributed by atoms with E-state index in [1.165, 1.54) is 0 Å². The third-order valence-electron chi connectivity index (χ3n) is 4.57. The van der Waals surface area contributed by atoms with Gasteiger partial charge in [0.05, 0.1) is 0 Å². The third-order valence-corrected chi connectivity index (χ3v) is 4.57. The molecule has 0 radical (unpaired) electrons. The van der Waals surface area contributed by atoms with Crippen molar-refractivity contribution in [2.24, 2.45) is 0 Å². The lowest BCUT2D eigenvalue weighted by Gasteiger charge is -2.27. The number of anilines is 1. The Morgan fingerprint density at radius 1 is 0.846 bits per heavy atom. The first-order valence-corrected chi connectivity index (χ1v) is 8.54. The number of carbonyl (C=O) groups excluding carboxylic acids is 2. The highest BCUT2D eigenvalue weighted by Crippen LogP contribution is 2.32. The number of fused-ring (bicyclic) bond motifs is 1. The molecule has 128 valence electrons. The minimum absolute atomic E-state index is 0.113. The number of para-hydroxylation sites is 1. The summed E-state index contributed by atoms with van der Waals surface area (Å²) >= 11 is 0. The van der Waals surface area contributed by atoms with Gasteiger partial charge in [-0.1, -0.05) is 66.7 Å². The molecule has 2 amide bonds. The van der Waals surface area contributed by atoms with E-state index in [9.17, 15) is 9.59 Å². The average molecular weight is 342 g/mol. The number of hydrogen-bond donors (Lipinski definition) is 1. The van der Waals surface area contributed by atoms with Crippen LogP contribution in [-0.4, -0.2) is 16.7 Å². The van der Waals surface area contributed by atoms with Crippen molar-refractivity contribution in [3.63, 3.8) is 0 Å². The SMILES string of the molecule is O=C(Nc1ccccc1)[C@@H](c1ccccc1)N1Cc2ccccc2C1=O. The van der Waals surface area contributed by atoms with E-state index in [1.807, 2.05) is 84.9 Å². The van der Waals surface area contributed by atoms with E-state index in [0.717, 1.165) is 11.1 Å². The van der Waals surface area contributed by atoms with Gasteiger partial charge < -0.3 is 10.2 Å². The minimum atomic E-state index is -0.684. The molecule has 0 fully saturated rings. The van der Waals surface area contributed by atoms with Crippen molar-refractivity contribution < 1.29 is 9.59 Å². The summed E-state index contributed by atoms with van der Waals surface area (Å²) in [5, 5.41) is 2.93. The molecule has 0 spiro atoms. The summed E-state index contributed by atoms with van der Waals surface area (Å²) in [7, 11) is 0. The third kappa shape index (κ3) is 2.97. The van der Waals surface area contributed by atoms with Gasteiger partial charge >= 0.3 is 0 Å². The minimum Gasteiger partial charge on any atom is -0.324 e. The molecule has 26 heavy (non-hydrogen) atoms. The van der Waals surface area contributed by atoms with E-state index in [-0.39, 0.29) is 11.8 Å². The predicted octanol–water partition coefficient (Wildman–Crippen LogP) is 4.02. The maximum atomic E-state index is 13.1. The van der Waals surface area contributed by atoms with Crippen LogP contribution in [0.5, 0.6) is 0 Å². The smallest absolute Gasteiger partial charge is 0.255 e. The lowest BCUT2D eigenvalue weighted by atomic mass is 10.0. The summed E-state index contributed by atoms with van der Waals surface area (Å²) < 4.78 is 0. The summed E-state index contributed by atoms with van der Waals surface area (Å²) in [5.74, 6) is -0.332. The van der Waals surface area contributed by atoms with Gasteiger partial charge in [0.1, 0.15) is 6.04 Å². The van der Waals surface area contributed by atoms with E-state index < -0.39 is 6.04 Å². The topological polar surface area (TPSA) is 49.4 Å². The van der Waals surface area contributed by atoms with Crippen LogP contribution < -0.4 is 5.32 Å². The number of rotatable bonds is 4. The molecule has 0 bridgehead atoms. The summed E-state index contributed by atoms with van der Waals surface area (Å²) in [4.78, 5) is 27.6. The second kappa shape index (κ2) is 6.84. The normalized spacial score (nSPS) is 14.0. The van der Waals surface area contributed by atoms with Crippen LogP contribution in [0.25, 0.3) is 0 Å². The molecule has 1 aliphatic rings. The Balaban J connectivity index is 1.69. The van der Waals surface area contributed by atoms with Crippen LogP contribution in [-0.2, 0) is 11.3 Å². The largest absolute Gasteiger partial charge is 0.324 e. The van der Waals surface area contributed by atoms with E-state index >= 15 is 0 Å². The molecule has 0 saturated carbocycles. The lowest BCUT2D eigenvalue weighted by Crippen LogP contribution is -2.37. The Labute approximate surface area is 152 Å². The van der Waals surface area contributed by atoms with Gasteiger partial charge in [-0.3, -0.25) is 9.59 Å². The predicted molar refractivity (Wildman–Crippen MR) is 101 cm³/mol. The maximum absolute atomic E-state index is 13.1. The van der Waals surface area contributed by atoms with Gasteiger partial charge in [-0.25, -0.2) is 0 Å². The second-order valence-corrected chi connectivity index (χ2v) is 6.26. The van der Waals surface area contributed by atoms with Gasteiger partial charge in [0.15, 0.2) is 0 Å². The molecule has 1 aliphatic heterocycles. The van der Waals surface area contributed by atoms with Crippen molar-refractivity contribution in [3.8, 4) is 0 Å². The van der Waals surface area contributed by atoms with Crippen molar-refractivity contribution in [2.45, 2.75) is 12.6 Å². The molecule has 4 nitrogen and oxygen atoms in total. The summed E-state index contributed by atoms with van der Waals surface area (Å²) in [6.07, 6.45) is 0. The average Bonchev–Trinajstić information content (AvgIpc) is 3.00. The van der Waals surface area contributed by atoms with Crippen molar-refractivity contribution in [2.75, 3.05) is 5.32 Å². The fourth-order valence-corrected chi connectivity index (χ4v) is 3.33. The maximum Gasteiger partial charge on any atom is 0.255 e. The number of amides is 2. The molecule has 1 atom stereocenters. The standard InChI is InChI=1S/C22H18N2O2/c25-21(23-18-12-5-2-6-13-18)20(16-9-3-1-4-10-16)24-15-17-11-7-8-14-19(17)22(24)26/h1-14,20H,15H2,(H,23,25)/t20-/m1/s1. The van der Waals surface area contributed by atoms with E-state index in [4.69, 9.17) is 0 Å². The molecule has 1 heterocycles. The quantitative estimate of drug-likeness (QED) is 0.778. The Hall–Kier alpha value is -3.40. The van der Waals surface area contributed by atoms with Gasteiger partial charge in [-0.05, 0) is 29.3 Å². The van der Waals surface area contributed by atoms with Crippen LogP contribution >= 0.6 is 0 Å². The van der Waals surface area contributed by atoms with Crippen molar-refractivity contribution in [1.82, 2.24) is 4.90 Å². The Kier molecular flexibility index (Phi) is 4.23. The highest BCUT2D eigenvalue weighted by molar-refractivity contribution is 6.03. The molecule has 3 aromatic carbocycles. The second-order valence-electron chi connectivity index (χ2n) is 6.26. The zero-order valence-corrected chi connectivity index (χ0v) is 14.1. The molecular formula is C22H18N2O2. The fourth-order valence-electron chi connectivity index (χ4n) is 3.33. The zero-order valence-electron chi connectivity index (χ0n) is 14.1. The van der Waals surface area contributed by atoms with Crippen LogP contribution in [0.3, 0.4) is 0 Å². The molecule has 1 N–H and O–H groups in total. The Bertz CT molecular complexity index is 939. The number of nitrogens with zero attached hydrogens (tertiary/aromatic N) is 1. The first-order chi connectivity index (χ1) is 12.7. The van der Waals surface area contributed by atoms with Gasteiger partial charge in [0.2, 0.25) is 0 Å². The van der Waals surface area contributed by atoms with Crippen LogP contribution in [0.1, 0.15) is 27.5 Å². The molecular weight excluding hydrogens is 324 g/mol. The molecule has 3 aromatic rings. The fraction of sp³-hybridized carbons (Fsp3) is 0.0909. The van der Waals surface area contributed by atoms with Gasteiger partial charge in [-0.15, -0.1) is 0 Å². The van der Waals surface area contributed by atoms with Crippen LogP contribution in [0, 0.1) is 0 Å². The van der Waals surface area contributed by atoms with Crippen LogP contribution in [0.15, 0.2) is 84.9 Å². The Morgan fingerprint density at radius 2 is 1.46 bits per heavy atom. The van der Waals surface area contributed by atoms with E-state index in [2.05, 4.69) is 5.32 Å². The molecule has 4 rings (SSSR count). The first kappa shape index (κ1) is 16.1. The Morgan fingerprint density at radius 3 is 2.15 bits per heavy atom. The van der Waals surface area contributed by atoms with Gasteiger partial charge in [0.25, 0.3) is 11.8 Å². The highest BCUT2D eigenvalue weighted by atomic mass is 16.2. The van der Waals surface area contributed by atoms with Crippen molar-refractivity contribution in [1.29, 1.82) is 0 Å². The number of nitrogens with one attached hydrogen (secondary N) is 1. The lowest BCUT2D eigenvalue weighted by molar-refractivity contribution is -0.120. The van der Waals surface area contributed by atoms with Gasteiger partial charge in [-0.2, -0.15) is 0 Å². The molecule has 0 saturated heterocycles. The summed E-state index contributed by atoms with van der Waals surface area (Å²) in [5.41, 5.74) is 3.12. The zero-order chi connectivity index (χ0) is 17.9. The van der Waals surface area contributed by atoms with E-state index in [1.54, 1.807) is 4.90 Å². The van der Waals surface area contributed by atoms with Crippen molar-refractivity contribution >= 4 is 17.5 Å². The van der Waals surface area contributed by atoms with Gasteiger partial charge in [0, 0.05) is 17.8 Å². The molecule has 0 aromatic heterocycles. The molecule has 0 unspecified atom stereocenters. The number of hydrogen-bond acceptors (Lipinski definition) is 2. The van der Waals surface area contributed by atoms with Crippen molar-refractivity contribution in [3.05, 3.63) is 102 Å².